The zero-order valence-corrected chi connectivity index (χ0v) is 12.4. The second-order valence-electron chi connectivity index (χ2n) is 4.78. The Hall–Kier alpha value is -3.27. The molecule has 0 fully saturated rings. The molecule has 0 aromatic heterocycles. The number of carbonyl (C=O) groups is 2. The monoisotopic (exact) mass is 330 g/mol. The summed E-state index contributed by atoms with van der Waals surface area (Å²) in [6, 6.07) is 10.7. The van der Waals surface area contributed by atoms with E-state index in [1.165, 1.54) is 30.3 Å². The van der Waals surface area contributed by atoms with Gasteiger partial charge in [-0.05, 0) is 24.3 Å². The molecular weight excluding hydrogens is 318 g/mol. The van der Waals surface area contributed by atoms with Crippen molar-refractivity contribution < 1.29 is 23.1 Å². The summed E-state index contributed by atoms with van der Waals surface area (Å²) in [5.41, 5.74) is 0.546. The Labute approximate surface area is 136 Å². The minimum atomic E-state index is -0.777. The van der Waals surface area contributed by atoms with Crippen molar-refractivity contribution in [2.45, 2.75) is 6.54 Å². The van der Waals surface area contributed by atoms with Gasteiger partial charge in [-0.25, -0.2) is 13.6 Å². The van der Waals surface area contributed by atoms with Crippen LogP contribution in [0.1, 0.15) is 21.5 Å². The Morgan fingerprint density at radius 2 is 1.96 bits per heavy atom. The number of esters is 1. The quantitative estimate of drug-likeness (QED) is 0.853. The van der Waals surface area contributed by atoms with E-state index < -0.39 is 30.1 Å². The second kappa shape index (κ2) is 7.83. The van der Waals surface area contributed by atoms with Crippen molar-refractivity contribution in [1.29, 1.82) is 5.26 Å². The highest BCUT2D eigenvalue weighted by atomic mass is 19.1. The molecule has 5 nitrogen and oxygen atoms in total. The van der Waals surface area contributed by atoms with Crippen LogP contribution in [-0.2, 0) is 16.1 Å². The van der Waals surface area contributed by atoms with Crippen LogP contribution in [0.5, 0.6) is 0 Å². The highest BCUT2D eigenvalue weighted by Crippen LogP contribution is 2.09. The van der Waals surface area contributed by atoms with Crippen LogP contribution in [0.25, 0.3) is 0 Å². The first-order valence-corrected chi connectivity index (χ1v) is 6.87. The molecule has 0 aliphatic heterocycles. The molecule has 0 radical (unpaired) electrons. The molecule has 0 heterocycles. The van der Waals surface area contributed by atoms with Crippen molar-refractivity contribution >= 4 is 11.9 Å². The van der Waals surface area contributed by atoms with Gasteiger partial charge in [0.05, 0.1) is 17.2 Å². The van der Waals surface area contributed by atoms with Gasteiger partial charge in [-0.2, -0.15) is 5.26 Å². The van der Waals surface area contributed by atoms with E-state index in [1.54, 1.807) is 0 Å². The summed E-state index contributed by atoms with van der Waals surface area (Å²) in [7, 11) is 0. The first-order valence-electron chi connectivity index (χ1n) is 6.87. The standard InChI is InChI=1S/C17H12F2N2O3/c18-14-5-4-13(15(19)7-14)9-21-16(22)10-24-17(23)12-3-1-2-11(6-12)8-20/h1-7H,9-10H2,(H,21,22). The van der Waals surface area contributed by atoms with Crippen LogP contribution in [0.15, 0.2) is 42.5 Å². The molecule has 0 atom stereocenters. The highest BCUT2D eigenvalue weighted by Gasteiger charge is 2.11. The average molecular weight is 330 g/mol. The third-order valence-corrected chi connectivity index (χ3v) is 3.05. The van der Waals surface area contributed by atoms with Gasteiger partial charge in [0, 0.05) is 18.2 Å². The topological polar surface area (TPSA) is 79.2 Å². The summed E-state index contributed by atoms with van der Waals surface area (Å²) in [6.07, 6.45) is 0. The van der Waals surface area contributed by atoms with Crippen molar-refractivity contribution in [3.05, 3.63) is 70.8 Å². The molecule has 0 aliphatic carbocycles. The number of nitriles is 1. The molecule has 0 saturated heterocycles. The summed E-state index contributed by atoms with van der Waals surface area (Å²) in [6.45, 7) is -0.717. The third-order valence-electron chi connectivity index (χ3n) is 3.05. The van der Waals surface area contributed by atoms with Gasteiger partial charge in [0.15, 0.2) is 6.61 Å². The number of hydrogen-bond donors (Lipinski definition) is 1. The van der Waals surface area contributed by atoms with Gasteiger partial charge in [-0.3, -0.25) is 4.79 Å². The van der Waals surface area contributed by atoms with Crippen molar-refractivity contribution in [2.75, 3.05) is 6.61 Å². The summed E-state index contributed by atoms with van der Waals surface area (Å²) < 4.78 is 31.0. The molecule has 2 aromatic carbocycles. The lowest BCUT2D eigenvalue weighted by atomic mass is 10.1. The maximum atomic E-state index is 13.4. The van der Waals surface area contributed by atoms with Gasteiger partial charge < -0.3 is 10.1 Å². The fourth-order valence-corrected chi connectivity index (χ4v) is 1.84. The minimum Gasteiger partial charge on any atom is -0.452 e. The minimum absolute atomic E-state index is 0.109. The molecule has 7 heteroatoms. The Kier molecular flexibility index (Phi) is 5.58. The van der Waals surface area contributed by atoms with Gasteiger partial charge in [-0.15, -0.1) is 0 Å². The summed E-state index contributed by atoms with van der Waals surface area (Å²) in [5.74, 6) is -2.88. The molecule has 0 saturated carbocycles. The van der Waals surface area contributed by atoms with E-state index in [-0.39, 0.29) is 17.7 Å². The molecule has 1 N–H and O–H groups in total. The summed E-state index contributed by atoms with van der Waals surface area (Å²) in [5, 5.41) is 11.1. The van der Waals surface area contributed by atoms with E-state index in [0.717, 1.165) is 6.07 Å². The van der Waals surface area contributed by atoms with Crippen LogP contribution in [0, 0.1) is 23.0 Å². The van der Waals surface area contributed by atoms with Crippen LogP contribution < -0.4 is 5.32 Å². The normalized spacial score (nSPS) is 9.88. The number of nitrogens with zero attached hydrogens (tertiary/aromatic N) is 1. The van der Waals surface area contributed by atoms with Gasteiger partial charge in [0.25, 0.3) is 5.91 Å². The molecule has 0 bridgehead atoms. The largest absolute Gasteiger partial charge is 0.452 e. The van der Waals surface area contributed by atoms with Gasteiger partial charge in [-0.1, -0.05) is 12.1 Å². The second-order valence-corrected chi connectivity index (χ2v) is 4.78. The number of hydrogen-bond acceptors (Lipinski definition) is 4. The predicted molar refractivity (Wildman–Crippen MR) is 79.6 cm³/mol. The fourth-order valence-electron chi connectivity index (χ4n) is 1.84. The number of benzene rings is 2. The van der Waals surface area contributed by atoms with Crippen molar-refractivity contribution in [2.24, 2.45) is 0 Å². The number of carbonyl (C=O) groups excluding carboxylic acids is 2. The zero-order chi connectivity index (χ0) is 17.5. The lowest BCUT2D eigenvalue weighted by Crippen LogP contribution is -2.28. The summed E-state index contributed by atoms with van der Waals surface area (Å²) in [4.78, 5) is 23.4. The van der Waals surface area contributed by atoms with Crippen LogP contribution in [-0.4, -0.2) is 18.5 Å². The number of halogens is 2. The van der Waals surface area contributed by atoms with Gasteiger partial charge in [0.2, 0.25) is 0 Å². The highest BCUT2D eigenvalue weighted by molar-refractivity contribution is 5.91. The summed E-state index contributed by atoms with van der Waals surface area (Å²) >= 11 is 0. The molecule has 0 aliphatic rings. The number of rotatable bonds is 5. The predicted octanol–water partition coefficient (Wildman–Crippen LogP) is 2.31. The molecule has 2 rings (SSSR count). The number of nitrogens with one attached hydrogen (secondary N) is 1. The number of ether oxygens (including phenoxy) is 1. The van der Waals surface area contributed by atoms with Crippen LogP contribution in [0.2, 0.25) is 0 Å². The average Bonchev–Trinajstić information content (AvgIpc) is 2.59. The Morgan fingerprint density at radius 3 is 2.67 bits per heavy atom. The molecule has 2 aromatic rings. The van der Waals surface area contributed by atoms with Crippen LogP contribution >= 0.6 is 0 Å². The zero-order valence-electron chi connectivity index (χ0n) is 12.4. The van der Waals surface area contributed by atoms with Crippen molar-refractivity contribution in [3.8, 4) is 6.07 Å². The Morgan fingerprint density at radius 1 is 1.17 bits per heavy atom. The Balaban J connectivity index is 1.84. The van der Waals surface area contributed by atoms with E-state index in [1.807, 2.05) is 6.07 Å². The molecule has 1 amide bonds. The SMILES string of the molecule is N#Cc1cccc(C(=O)OCC(=O)NCc2ccc(F)cc2F)c1. The Bertz CT molecular complexity index is 816. The lowest BCUT2D eigenvalue weighted by Gasteiger charge is -2.07. The van der Waals surface area contributed by atoms with E-state index >= 15 is 0 Å². The van der Waals surface area contributed by atoms with E-state index in [4.69, 9.17) is 10.00 Å². The van der Waals surface area contributed by atoms with E-state index in [9.17, 15) is 18.4 Å². The third kappa shape index (κ3) is 4.61. The maximum Gasteiger partial charge on any atom is 0.338 e. The van der Waals surface area contributed by atoms with E-state index in [0.29, 0.717) is 11.6 Å². The molecule has 24 heavy (non-hydrogen) atoms. The molecule has 122 valence electrons. The smallest absolute Gasteiger partial charge is 0.338 e. The van der Waals surface area contributed by atoms with Crippen molar-refractivity contribution in [1.82, 2.24) is 5.32 Å². The molecule has 0 unspecified atom stereocenters. The number of amides is 1. The first kappa shape index (κ1) is 17.1. The maximum absolute atomic E-state index is 13.4. The lowest BCUT2D eigenvalue weighted by molar-refractivity contribution is -0.124. The van der Waals surface area contributed by atoms with E-state index in [2.05, 4.69) is 5.32 Å². The van der Waals surface area contributed by atoms with Gasteiger partial charge in [0.1, 0.15) is 11.6 Å². The molecule has 0 spiro atoms. The van der Waals surface area contributed by atoms with Crippen LogP contribution in [0.4, 0.5) is 8.78 Å². The van der Waals surface area contributed by atoms with Gasteiger partial charge >= 0.3 is 5.97 Å². The fraction of sp³-hybridized carbons (Fsp3) is 0.118. The van der Waals surface area contributed by atoms with Crippen LogP contribution in [0.3, 0.4) is 0 Å². The van der Waals surface area contributed by atoms with Crippen molar-refractivity contribution in [3.63, 3.8) is 0 Å². The first-order chi connectivity index (χ1) is 11.5. The molecular formula is C17H12F2N2O3.